The predicted octanol–water partition coefficient (Wildman–Crippen LogP) is 2.26. The second kappa shape index (κ2) is 7.35. The van der Waals surface area contributed by atoms with Gasteiger partial charge in [0.1, 0.15) is 5.82 Å². The van der Waals surface area contributed by atoms with Gasteiger partial charge in [-0.1, -0.05) is 0 Å². The normalized spacial score (nSPS) is 11.9. The molecule has 0 saturated carbocycles. The summed E-state index contributed by atoms with van der Waals surface area (Å²) in [4.78, 5) is 12.7. The smallest absolute Gasteiger partial charge is 0.395 e. The number of rotatable bonds is 7. The molecule has 7 heteroatoms. The van der Waals surface area contributed by atoms with E-state index in [4.69, 9.17) is 5.11 Å². The standard InChI is InChI=1S/C13H15F4NO2/c14-11-3-1-10(2-4-11)12(20)5-6-18(7-8-19)9-13(15,16)17/h1-4,19H,5-9H2. The minimum atomic E-state index is -4.38. The molecule has 0 aliphatic carbocycles. The zero-order valence-corrected chi connectivity index (χ0v) is 10.7. The summed E-state index contributed by atoms with van der Waals surface area (Å²) in [5.41, 5.74) is 0.252. The Morgan fingerprint density at radius 2 is 1.75 bits per heavy atom. The first-order valence-corrected chi connectivity index (χ1v) is 6.00. The van der Waals surface area contributed by atoms with Crippen LogP contribution in [0.5, 0.6) is 0 Å². The molecule has 0 amide bonds. The molecule has 112 valence electrons. The van der Waals surface area contributed by atoms with E-state index >= 15 is 0 Å². The number of hydrogen-bond donors (Lipinski definition) is 1. The molecule has 0 aliphatic heterocycles. The van der Waals surface area contributed by atoms with Gasteiger partial charge in [0.25, 0.3) is 0 Å². The van der Waals surface area contributed by atoms with E-state index in [1.54, 1.807) is 0 Å². The quantitative estimate of drug-likeness (QED) is 0.619. The number of nitrogens with zero attached hydrogens (tertiary/aromatic N) is 1. The topological polar surface area (TPSA) is 40.5 Å². The lowest BCUT2D eigenvalue weighted by atomic mass is 10.1. The van der Waals surface area contributed by atoms with E-state index < -0.39 is 25.1 Å². The zero-order chi connectivity index (χ0) is 15.2. The number of carbonyl (C=O) groups excluding carboxylic acids is 1. The fourth-order valence-electron chi connectivity index (χ4n) is 1.70. The molecule has 20 heavy (non-hydrogen) atoms. The second-order valence-electron chi connectivity index (χ2n) is 4.30. The molecule has 0 aromatic heterocycles. The average Bonchev–Trinajstić information content (AvgIpc) is 2.35. The van der Waals surface area contributed by atoms with Crippen LogP contribution >= 0.6 is 0 Å². The van der Waals surface area contributed by atoms with Crippen molar-refractivity contribution in [3.05, 3.63) is 35.6 Å². The van der Waals surface area contributed by atoms with Gasteiger partial charge < -0.3 is 5.11 Å². The molecule has 1 aromatic carbocycles. The fourth-order valence-corrected chi connectivity index (χ4v) is 1.70. The van der Waals surface area contributed by atoms with E-state index in [9.17, 15) is 22.4 Å². The van der Waals surface area contributed by atoms with Crippen molar-refractivity contribution in [2.75, 3.05) is 26.2 Å². The van der Waals surface area contributed by atoms with Gasteiger partial charge in [0.15, 0.2) is 5.78 Å². The van der Waals surface area contributed by atoms with Crippen molar-refractivity contribution in [3.63, 3.8) is 0 Å². The molecule has 0 radical (unpaired) electrons. The number of hydrogen-bond acceptors (Lipinski definition) is 3. The molecule has 0 spiro atoms. The van der Waals surface area contributed by atoms with Gasteiger partial charge in [-0.15, -0.1) is 0 Å². The van der Waals surface area contributed by atoms with Crippen molar-refractivity contribution in [2.45, 2.75) is 12.6 Å². The van der Waals surface area contributed by atoms with Crippen LogP contribution in [0.4, 0.5) is 17.6 Å². The molecule has 0 heterocycles. The van der Waals surface area contributed by atoms with Crippen LogP contribution in [0.2, 0.25) is 0 Å². The van der Waals surface area contributed by atoms with Crippen LogP contribution in [0.25, 0.3) is 0 Å². The van der Waals surface area contributed by atoms with Crippen LogP contribution in [-0.4, -0.2) is 48.2 Å². The van der Waals surface area contributed by atoms with E-state index in [1.165, 1.54) is 12.1 Å². The van der Waals surface area contributed by atoms with Crippen LogP contribution in [0.15, 0.2) is 24.3 Å². The Hall–Kier alpha value is -1.47. The van der Waals surface area contributed by atoms with Gasteiger partial charge in [-0.3, -0.25) is 9.69 Å². The second-order valence-corrected chi connectivity index (χ2v) is 4.30. The van der Waals surface area contributed by atoms with Gasteiger partial charge in [-0.2, -0.15) is 13.2 Å². The third kappa shape index (κ3) is 6.12. The van der Waals surface area contributed by atoms with E-state index in [1.807, 2.05) is 0 Å². The number of halogens is 4. The zero-order valence-electron chi connectivity index (χ0n) is 10.7. The molecule has 0 bridgehead atoms. The first-order chi connectivity index (χ1) is 9.31. The SMILES string of the molecule is O=C(CCN(CCO)CC(F)(F)F)c1ccc(F)cc1. The van der Waals surface area contributed by atoms with Crippen molar-refractivity contribution in [2.24, 2.45) is 0 Å². The number of carbonyl (C=O) groups is 1. The van der Waals surface area contributed by atoms with Crippen LogP contribution in [0.3, 0.4) is 0 Å². The van der Waals surface area contributed by atoms with Crippen molar-refractivity contribution < 1.29 is 27.5 Å². The number of Topliss-reactive ketones (excluding diaryl/α,β-unsaturated/α-hetero) is 1. The van der Waals surface area contributed by atoms with Crippen LogP contribution in [0.1, 0.15) is 16.8 Å². The highest BCUT2D eigenvalue weighted by molar-refractivity contribution is 5.96. The predicted molar refractivity (Wildman–Crippen MR) is 64.9 cm³/mol. The summed E-state index contributed by atoms with van der Waals surface area (Å²) in [7, 11) is 0. The molecule has 3 nitrogen and oxygen atoms in total. The molecular weight excluding hydrogens is 278 g/mol. The Morgan fingerprint density at radius 3 is 2.25 bits per heavy atom. The van der Waals surface area contributed by atoms with Crippen molar-refractivity contribution in [3.8, 4) is 0 Å². The molecule has 0 unspecified atom stereocenters. The minimum Gasteiger partial charge on any atom is -0.395 e. The number of aliphatic hydroxyl groups excluding tert-OH is 1. The molecule has 0 aliphatic rings. The lowest BCUT2D eigenvalue weighted by molar-refractivity contribution is -0.146. The number of ketones is 1. The third-order valence-electron chi connectivity index (χ3n) is 2.64. The first kappa shape index (κ1) is 16.6. The van der Waals surface area contributed by atoms with Crippen LogP contribution in [0, 0.1) is 5.82 Å². The largest absolute Gasteiger partial charge is 0.401 e. The highest BCUT2D eigenvalue weighted by Crippen LogP contribution is 2.16. The van der Waals surface area contributed by atoms with Crippen molar-refractivity contribution >= 4 is 5.78 Å². The minimum absolute atomic E-state index is 0.115. The Labute approximate surface area is 113 Å². The summed E-state index contributed by atoms with van der Waals surface area (Å²) < 4.78 is 49.5. The van der Waals surface area contributed by atoms with Gasteiger partial charge in [-0.05, 0) is 24.3 Å². The van der Waals surface area contributed by atoms with Gasteiger partial charge in [-0.25, -0.2) is 4.39 Å². The summed E-state index contributed by atoms with van der Waals surface area (Å²) in [6, 6.07) is 4.82. The summed E-state index contributed by atoms with van der Waals surface area (Å²) in [5.74, 6) is -0.851. The number of alkyl halides is 3. The van der Waals surface area contributed by atoms with Crippen LogP contribution in [-0.2, 0) is 0 Å². The monoisotopic (exact) mass is 293 g/mol. The molecule has 0 atom stereocenters. The van der Waals surface area contributed by atoms with Gasteiger partial charge >= 0.3 is 6.18 Å². The molecule has 0 saturated heterocycles. The van der Waals surface area contributed by atoms with E-state index in [0.717, 1.165) is 17.0 Å². The Morgan fingerprint density at radius 1 is 1.15 bits per heavy atom. The molecular formula is C13H15F4NO2. The Bertz CT molecular complexity index is 431. The highest BCUT2D eigenvalue weighted by atomic mass is 19.4. The third-order valence-corrected chi connectivity index (χ3v) is 2.64. The molecule has 1 aromatic rings. The Balaban J connectivity index is 2.54. The maximum Gasteiger partial charge on any atom is 0.401 e. The molecule has 1 rings (SSSR count). The van der Waals surface area contributed by atoms with Gasteiger partial charge in [0.05, 0.1) is 13.2 Å². The summed E-state index contributed by atoms with van der Waals surface area (Å²) in [6.45, 7) is -1.86. The van der Waals surface area contributed by atoms with Crippen molar-refractivity contribution in [1.82, 2.24) is 4.90 Å². The molecule has 0 fully saturated rings. The summed E-state index contributed by atoms with van der Waals surface area (Å²) >= 11 is 0. The van der Waals surface area contributed by atoms with E-state index in [2.05, 4.69) is 0 Å². The highest BCUT2D eigenvalue weighted by Gasteiger charge is 2.30. The lowest BCUT2D eigenvalue weighted by Crippen LogP contribution is -2.37. The van der Waals surface area contributed by atoms with Gasteiger partial charge in [0.2, 0.25) is 0 Å². The lowest BCUT2D eigenvalue weighted by Gasteiger charge is -2.22. The van der Waals surface area contributed by atoms with E-state index in [0.29, 0.717) is 0 Å². The van der Waals surface area contributed by atoms with Crippen LogP contribution < -0.4 is 0 Å². The number of benzene rings is 1. The summed E-state index contributed by atoms with van der Waals surface area (Å²) in [6.07, 6.45) is -4.50. The number of aliphatic hydroxyl groups is 1. The van der Waals surface area contributed by atoms with E-state index in [-0.39, 0.29) is 30.9 Å². The average molecular weight is 293 g/mol. The van der Waals surface area contributed by atoms with Crippen molar-refractivity contribution in [1.29, 1.82) is 0 Å². The fraction of sp³-hybridized carbons (Fsp3) is 0.462. The maximum atomic E-state index is 12.7. The summed E-state index contributed by atoms with van der Waals surface area (Å²) in [5, 5.41) is 8.71. The molecule has 1 N–H and O–H groups in total. The Kier molecular flexibility index (Phi) is 6.09. The first-order valence-electron chi connectivity index (χ1n) is 6.00. The maximum absolute atomic E-state index is 12.7. The van der Waals surface area contributed by atoms with Gasteiger partial charge in [0, 0.05) is 25.1 Å².